The molecule has 0 saturated carbocycles. The second kappa shape index (κ2) is 8.69. The molecular weight excluding hydrogens is 429 g/mol. The van der Waals surface area contributed by atoms with Crippen molar-refractivity contribution in [3.05, 3.63) is 53.6 Å². The first-order valence-corrected chi connectivity index (χ1v) is 11.2. The van der Waals surface area contributed by atoms with E-state index in [1.165, 1.54) is 24.7 Å². The number of hydroxylamine groups is 1. The predicted octanol–water partition coefficient (Wildman–Crippen LogP) is 1.57. The highest BCUT2D eigenvalue weighted by Crippen LogP contribution is 2.30. The van der Waals surface area contributed by atoms with E-state index in [0.29, 0.717) is 28.1 Å². The maximum absolute atomic E-state index is 14.7. The minimum atomic E-state index is -3.88. The van der Waals surface area contributed by atoms with Gasteiger partial charge < -0.3 is 9.94 Å². The van der Waals surface area contributed by atoms with Crippen LogP contribution in [0.25, 0.3) is 11.1 Å². The first-order chi connectivity index (χ1) is 14.6. The summed E-state index contributed by atoms with van der Waals surface area (Å²) in [6, 6.07) is 7.76. The van der Waals surface area contributed by atoms with Crippen molar-refractivity contribution >= 4 is 21.5 Å². The number of aliphatic hydroxyl groups excluding tert-OH is 1. The molecule has 1 aliphatic rings. The molecule has 0 bridgehead atoms. The number of pyridine rings is 1. The number of aromatic nitrogens is 1. The van der Waals surface area contributed by atoms with Crippen LogP contribution in [0.2, 0.25) is 0 Å². The number of amides is 1. The van der Waals surface area contributed by atoms with Crippen molar-refractivity contribution in [3.8, 4) is 11.1 Å². The Hall–Kier alpha value is -2.89. The van der Waals surface area contributed by atoms with Crippen molar-refractivity contribution in [2.45, 2.75) is 37.2 Å². The van der Waals surface area contributed by atoms with E-state index in [-0.39, 0.29) is 19.4 Å². The molecule has 31 heavy (non-hydrogen) atoms. The first-order valence-electron chi connectivity index (χ1n) is 9.32. The van der Waals surface area contributed by atoms with E-state index >= 15 is 0 Å². The van der Waals surface area contributed by atoms with Crippen LogP contribution in [0, 0.1) is 5.82 Å². The zero-order valence-corrected chi connectivity index (χ0v) is 17.7. The van der Waals surface area contributed by atoms with Crippen LogP contribution >= 0.6 is 0 Å². The molecular formula is C20H22FN3O6S. The number of carbonyl (C=O) groups excluding carboxylic acids is 1. The van der Waals surface area contributed by atoms with Crippen molar-refractivity contribution in [3.63, 3.8) is 0 Å². The Bertz CT molecular complexity index is 1120. The molecule has 9 nitrogen and oxygen atoms in total. The molecule has 0 aliphatic carbocycles. The number of carbonyl (C=O) groups is 1. The van der Waals surface area contributed by atoms with Gasteiger partial charge in [-0.25, -0.2) is 18.3 Å². The SMILES string of the molecule is CC(CC1CC(c2ccc(-c3ccc(CO)nc3)c(F)c2)=NO1)(C(=O)NO)S(C)(=O)=O. The molecule has 1 aromatic carbocycles. The predicted molar refractivity (Wildman–Crippen MR) is 109 cm³/mol. The maximum Gasteiger partial charge on any atom is 0.264 e. The van der Waals surface area contributed by atoms with Crippen LogP contribution in [0.15, 0.2) is 41.7 Å². The van der Waals surface area contributed by atoms with Crippen LogP contribution in [-0.2, 0) is 26.1 Å². The molecule has 1 aliphatic heterocycles. The largest absolute Gasteiger partial charge is 0.392 e. The van der Waals surface area contributed by atoms with E-state index in [1.807, 2.05) is 0 Å². The number of oxime groups is 1. The Morgan fingerprint density at radius 3 is 2.58 bits per heavy atom. The van der Waals surface area contributed by atoms with E-state index in [4.69, 9.17) is 15.2 Å². The molecule has 0 fully saturated rings. The molecule has 166 valence electrons. The number of nitrogens with zero attached hydrogens (tertiary/aromatic N) is 2. The Balaban J connectivity index is 1.76. The summed E-state index contributed by atoms with van der Waals surface area (Å²) in [4.78, 5) is 21.3. The number of hydrogen-bond donors (Lipinski definition) is 3. The van der Waals surface area contributed by atoms with Crippen LogP contribution in [0.3, 0.4) is 0 Å². The van der Waals surface area contributed by atoms with Gasteiger partial charge in [-0.2, -0.15) is 0 Å². The van der Waals surface area contributed by atoms with Crippen LogP contribution in [0.1, 0.15) is 31.0 Å². The fourth-order valence-corrected chi connectivity index (χ4v) is 4.15. The van der Waals surface area contributed by atoms with Gasteiger partial charge in [-0.3, -0.25) is 15.0 Å². The summed E-state index contributed by atoms with van der Waals surface area (Å²) in [7, 11) is -3.88. The molecule has 3 N–H and O–H groups in total. The van der Waals surface area contributed by atoms with Gasteiger partial charge in [0.1, 0.15) is 11.9 Å². The van der Waals surface area contributed by atoms with Crippen LogP contribution in [0.5, 0.6) is 0 Å². The van der Waals surface area contributed by atoms with E-state index < -0.39 is 32.4 Å². The molecule has 2 unspecified atom stereocenters. The minimum absolute atomic E-state index is 0.162. The molecule has 11 heteroatoms. The van der Waals surface area contributed by atoms with Gasteiger partial charge in [-0.05, 0) is 19.1 Å². The van der Waals surface area contributed by atoms with E-state index in [0.717, 1.165) is 6.26 Å². The molecule has 0 saturated heterocycles. The van der Waals surface area contributed by atoms with Gasteiger partial charge in [0, 0.05) is 42.0 Å². The van der Waals surface area contributed by atoms with Crippen molar-refractivity contribution < 1.29 is 32.8 Å². The summed E-state index contributed by atoms with van der Waals surface area (Å²) in [5.74, 6) is -1.58. The lowest BCUT2D eigenvalue weighted by molar-refractivity contribution is -0.132. The van der Waals surface area contributed by atoms with Gasteiger partial charge in [-0.1, -0.05) is 23.4 Å². The summed E-state index contributed by atoms with van der Waals surface area (Å²) in [5.41, 5.74) is 3.58. The van der Waals surface area contributed by atoms with Crippen LogP contribution < -0.4 is 5.48 Å². The third kappa shape index (κ3) is 4.58. The Kier molecular flexibility index (Phi) is 6.39. The normalized spacial score (nSPS) is 18.1. The topological polar surface area (TPSA) is 138 Å². The van der Waals surface area contributed by atoms with Crippen molar-refractivity contribution in [2.24, 2.45) is 5.16 Å². The number of hydrogen-bond acceptors (Lipinski definition) is 8. The minimum Gasteiger partial charge on any atom is -0.392 e. The molecule has 0 spiro atoms. The van der Waals surface area contributed by atoms with Crippen molar-refractivity contribution in [1.82, 2.24) is 10.5 Å². The highest BCUT2D eigenvalue weighted by molar-refractivity contribution is 7.92. The fraction of sp³-hybridized carbons (Fsp3) is 0.350. The zero-order chi connectivity index (χ0) is 22.8. The lowest BCUT2D eigenvalue weighted by Crippen LogP contribution is -2.51. The number of halogens is 1. The molecule has 1 aromatic heterocycles. The Morgan fingerprint density at radius 2 is 2.03 bits per heavy atom. The molecule has 2 heterocycles. The lowest BCUT2D eigenvalue weighted by atomic mass is 9.95. The third-order valence-electron chi connectivity index (χ3n) is 5.35. The third-order valence-corrected chi connectivity index (χ3v) is 7.34. The monoisotopic (exact) mass is 451 g/mol. The highest BCUT2D eigenvalue weighted by atomic mass is 32.2. The van der Waals surface area contributed by atoms with E-state index in [1.54, 1.807) is 24.3 Å². The molecule has 0 radical (unpaired) electrons. The quantitative estimate of drug-likeness (QED) is 0.429. The summed E-state index contributed by atoms with van der Waals surface area (Å²) in [6.45, 7) is 0.987. The number of aliphatic hydroxyl groups is 1. The Morgan fingerprint density at radius 1 is 1.32 bits per heavy atom. The average molecular weight is 451 g/mol. The van der Waals surface area contributed by atoms with Crippen LogP contribution in [-0.4, -0.2) is 52.4 Å². The van der Waals surface area contributed by atoms with Gasteiger partial charge in [-0.15, -0.1) is 0 Å². The number of sulfone groups is 1. The van der Waals surface area contributed by atoms with E-state index in [2.05, 4.69) is 10.1 Å². The van der Waals surface area contributed by atoms with Gasteiger partial charge in [0.2, 0.25) is 0 Å². The molecule has 2 aromatic rings. The summed E-state index contributed by atoms with van der Waals surface area (Å²) in [6.07, 6.45) is 1.54. The molecule has 1 amide bonds. The standard InChI is InChI=1S/C20H22FN3O6S/c1-20(19(26)23-27,31(2,28)29)9-15-8-18(24-30-15)12-4-6-16(17(21)7-12)13-3-5-14(11-25)22-10-13/h3-7,10,15,25,27H,8-9,11H2,1-2H3,(H,23,26). The molecule has 2 atom stereocenters. The average Bonchev–Trinajstić information content (AvgIpc) is 3.20. The Labute approximate surface area is 178 Å². The lowest BCUT2D eigenvalue weighted by Gasteiger charge is -2.26. The summed E-state index contributed by atoms with van der Waals surface area (Å²) >= 11 is 0. The first kappa shape index (κ1) is 22.8. The maximum atomic E-state index is 14.7. The zero-order valence-electron chi connectivity index (χ0n) is 16.9. The second-order valence-electron chi connectivity index (χ2n) is 7.51. The second-order valence-corrected chi connectivity index (χ2v) is 9.95. The summed E-state index contributed by atoms with van der Waals surface area (Å²) < 4.78 is 37.0. The number of rotatable bonds is 7. The summed E-state index contributed by atoms with van der Waals surface area (Å²) in [5, 5.41) is 21.9. The van der Waals surface area contributed by atoms with Crippen molar-refractivity contribution in [2.75, 3.05) is 6.26 Å². The smallest absolute Gasteiger partial charge is 0.264 e. The van der Waals surface area contributed by atoms with Gasteiger partial charge in [0.15, 0.2) is 14.6 Å². The number of benzene rings is 1. The van der Waals surface area contributed by atoms with E-state index in [9.17, 15) is 17.6 Å². The number of nitrogens with one attached hydrogen (secondary N) is 1. The highest BCUT2D eigenvalue weighted by Gasteiger charge is 2.47. The van der Waals surface area contributed by atoms with Gasteiger partial charge >= 0.3 is 0 Å². The molecule has 3 rings (SSSR count). The van der Waals surface area contributed by atoms with Gasteiger partial charge in [0.05, 0.1) is 18.0 Å². The van der Waals surface area contributed by atoms with Crippen LogP contribution in [0.4, 0.5) is 4.39 Å². The van der Waals surface area contributed by atoms with Gasteiger partial charge in [0.25, 0.3) is 5.91 Å². The van der Waals surface area contributed by atoms with Crippen molar-refractivity contribution in [1.29, 1.82) is 0 Å². The fourth-order valence-electron chi connectivity index (χ4n) is 3.28.